The Morgan fingerprint density at radius 2 is 1.95 bits per heavy atom. The van der Waals surface area contributed by atoms with Crippen LogP contribution < -0.4 is 0 Å². The normalized spacial score (nSPS) is 13.3. The van der Waals surface area contributed by atoms with Crippen LogP contribution in [0.3, 0.4) is 0 Å². The van der Waals surface area contributed by atoms with Gasteiger partial charge in [-0.2, -0.15) is 0 Å². The minimum absolute atomic E-state index is 0.109. The van der Waals surface area contributed by atoms with Crippen LogP contribution in [0, 0.1) is 0 Å². The van der Waals surface area contributed by atoms with Crippen LogP contribution in [0.15, 0.2) is 15.5 Å². The maximum absolute atomic E-state index is 12.3. The van der Waals surface area contributed by atoms with E-state index in [1.165, 1.54) is 17.8 Å². The Balaban J connectivity index is 0.00000106. The number of methoxy groups -OCH3 is 1. The highest BCUT2D eigenvalue weighted by Gasteiger charge is 2.36. The van der Waals surface area contributed by atoms with Crippen LogP contribution in [-0.4, -0.2) is 35.1 Å². The summed E-state index contributed by atoms with van der Waals surface area (Å²) >= 11 is 1.25. The summed E-state index contributed by atoms with van der Waals surface area (Å²) in [5.41, 5.74) is -0.367. The summed E-state index contributed by atoms with van der Waals surface area (Å²) in [6.45, 7) is 7.79. The minimum Gasteiger partial charge on any atom is -0.464 e. The lowest BCUT2D eigenvalue weighted by atomic mass is 10.00. The zero-order valence-corrected chi connectivity index (χ0v) is 13.4. The molecule has 0 saturated carbocycles. The average molecular weight is 311 g/mol. The topological polar surface area (TPSA) is 86.5 Å². The van der Waals surface area contributed by atoms with Gasteiger partial charge in [0, 0.05) is 11.3 Å². The summed E-state index contributed by atoms with van der Waals surface area (Å²) < 4.78 is 9.28. The van der Waals surface area contributed by atoms with Gasteiger partial charge in [0.2, 0.25) is 23.0 Å². The monoisotopic (exact) mass is 311 g/mol. The van der Waals surface area contributed by atoms with Gasteiger partial charge in [0.1, 0.15) is 5.56 Å². The summed E-state index contributed by atoms with van der Waals surface area (Å²) in [6, 6.07) is 0. The van der Waals surface area contributed by atoms with Gasteiger partial charge in [0.25, 0.3) is 0 Å². The molecule has 1 aliphatic rings. The molecule has 0 radical (unpaired) electrons. The highest BCUT2D eigenvalue weighted by Crippen LogP contribution is 2.32. The molecule has 2 rings (SSSR count). The molecule has 7 heteroatoms. The van der Waals surface area contributed by atoms with Crippen LogP contribution in [0.25, 0.3) is 0 Å². The van der Waals surface area contributed by atoms with Gasteiger partial charge >= 0.3 is 5.97 Å². The average Bonchev–Trinajstić information content (AvgIpc) is 2.91. The Bertz CT molecular complexity index is 601. The third-order valence-electron chi connectivity index (χ3n) is 2.37. The van der Waals surface area contributed by atoms with E-state index in [2.05, 4.69) is 9.89 Å². The number of rotatable bonds is 3. The smallest absolute Gasteiger partial charge is 0.361 e. The lowest BCUT2D eigenvalue weighted by molar-refractivity contribution is 0.0586. The first-order valence-corrected chi connectivity index (χ1v) is 7.39. The van der Waals surface area contributed by atoms with E-state index in [1.54, 1.807) is 0 Å². The molecule has 1 aliphatic carbocycles. The molecule has 21 heavy (non-hydrogen) atoms. The maximum atomic E-state index is 12.3. The van der Waals surface area contributed by atoms with Gasteiger partial charge in [-0.3, -0.25) is 9.59 Å². The molecule has 0 saturated heterocycles. The summed E-state index contributed by atoms with van der Waals surface area (Å²) in [7, 11) is 1.16. The molecule has 1 aromatic rings. The molecule has 0 fully saturated rings. The lowest BCUT2D eigenvalue weighted by Crippen LogP contribution is -2.18. The number of carbonyl (C=O) groups is 3. The molecule has 0 aliphatic heterocycles. The quantitative estimate of drug-likeness (QED) is 0.793. The number of esters is 1. The molecule has 0 bridgehead atoms. The Labute approximate surface area is 126 Å². The summed E-state index contributed by atoms with van der Waals surface area (Å²) in [5.74, 6) is -1.92. The van der Waals surface area contributed by atoms with Crippen LogP contribution in [0.4, 0.5) is 0 Å². The van der Waals surface area contributed by atoms with Crippen molar-refractivity contribution in [2.24, 2.45) is 0 Å². The minimum atomic E-state index is -0.804. The lowest BCUT2D eigenvalue weighted by Gasteiger charge is -2.12. The standard InChI is InChI=1S/C12H11NO5S.C2H6/c1-5(2)19-7-4-6(14)11-8(10(7)15)9(13-18-11)12(16)17-3;1-2/h4-5H,1-3H3;1-2H3. The van der Waals surface area contributed by atoms with Crippen molar-refractivity contribution in [3.8, 4) is 0 Å². The summed E-state index contributed by atoms with van der Waals surface area (Å²) in [5, 5.41) is 3.58. The Kier molecular flexibility index (Phi) is 5.90. The number of hydrogen-bond acceptors (Lipinski definition) is 7. The van der Waals surface area contributed by atoms with Gasteiger partial charge in [0.15, 0.2) is 0 Å². The number of Topliss-reactive ketones (excluding diaryl/α,β-unsaturated/α-hetero) is 1. The van der Waals surface area contributed by atoms with Crippen LogP contribution in [0.5, 0.6) is 0 Å². The van der Waals surface area contributed by atoms with Gasteiger partial charge in [0.05, 0.1) is 12.0 Å². The van der Waals surface area contributed by atoms with Crippen molar-refractivity contribution in [2.45, 2.75) is 32.9 Å². The number of ether oxygens (including phenoxy) is 1. The molecule has 0 spiro atoms. The van der Waals surface area contributed by atoms with Gasteiger partial charge in [-0.1, -0.05) is 32.9 Å². The second-order valence-electron chi connectivity index (χ2n) is 4.10. The van der Waals surface area contributed by atoms with Crippen molar-refractivity contribution >= 4 is 29.3 Å². The number of fused-ring (bicyclic) bond motifs is 1. The van der Waals surface area contributed by atoms with Crippen LogP contribution in [0.1, 0.15) is 59.1 Å². The first kappa shape index (κ1) is 17.2. The van der Waals surface area contributed by atoms with Crippen molar-refractivity contribution in [3.63, 3.8) is 0 Å². The van der Waals surface area contributed by atoms with E-state index < -0.39 is 17.5 Å². The molecule has 0 aromatic carbocycles. The fourth-order valence-corrected chi connectivity index (χ4v) is 2.51. The van der Waals surface area contributed by atoms with Gasteiger partial charge in [-0.25, -0.2) is 4.79 Å². The van der Waals surface area contributed by atoms with Crippen molar-refractivity contribution in [1.82, 2.24) is 5.16 Å². The second-order valence-corrected chi connectivity index (χ2v) is 5.71. The number of aromatic nitrogens is 1. The van der Waals surface area contributed by atoms with Crippen molar-refractivity contribution in [3.05, 3.63) is 28.0 Å². The first-order valence-electron chi connectivity index (χ1n) is 6.51. The zero-order valence-electron chi connectivity index (χ0n) is 12.6. The Morgan fingerprint density at radius 1 is 1.33 bits per heavy atom. The number of carbonyl (C=O) groups excluding carboxylic acids is 3. The van der Waals surface area contributed by atoms with Crippen LogP contribution in [-0.2, 0) is 4.74 Å². The molecule has 0 N–H and O–H groups in total. The maximum Gasteiger partial charge on any atom is 0.361 e. The number of ketones is 2. The van der Waals surface area contributed by atoms with Crippen LogP contribution >= 0.6 is 11.8 Å². The Morgan fingerprint density at radius 3 is 2.48 bits per heavy atom. The fraction of sp³-hybridized carbons (Fsp3) is 0.429. The molecular formula is C14H17NO5S. The van der Waals surface area contributed by atoms with Crippen molar-refractivity contribution < 1.29 is 23.6 Å². The number of thioether (sulfide) groups is 1. The second kappa shape index (κ2) is 7.21. The Hall–Kier alpha value is -1.89. The molecule has 1 heterocycles. The molecule has 1 aromatic heterocycles. The van der Waals surface area contributed by atoms with Crippen molar-refractivity contribution in [2.75, 3.05) is 7.11 Å². The number of allylic oxidation sites excluding steroid dienone is 2. The van der Waals surface area contributed by atoms with E-state index >= 15 is 0 Å². The van der Waals surface area contributed by atoms with E-state index in [9.17, 15) is 14.4 Å². The van der Waals surface area contributed by atoms with Crippen LogP contribution in [0.2, 0.25) is 0 Å². The van der Waals surface area contributed by atoms with E-state index in [0.29, 0.717) is 0 Å². The predicted octanol–water partition coefficient (Wildman–Crippen LogP) is 2.89. The van der Waals surface area contributed by atoms with E-state index in [4.69, 9.17) is 4.52 Å². The molecule has 6 nitrogen and oxygen atoms in total. The SMILES string of the molecule is CC.COC(=O)c1noc2c1C(=O)C(SC(C)C)=CC2=O. The highest BCUT2D eigenvalue weighted by atomic mass is 32.2. The molecule has 0 amide bonds. The molecule has 114 valence electrons. The van der Waals surface area contributed by atoms with Crippen molar-refractivity contribution in [1.29, 1.82) is 0 Å². The van der Waals surface area contributed by atoms with Gasteiger partial charge < -0.3 is 9.26 Å². The molecule has 0 unspecified atom stereocenters. The summed E-state index contributed by atoms with van der Waals surface area (Å²) in [6.07, 6.45) is 1.21. The van der Waals surface area contributed by atoms with Gasteiger partial charge in [-0.15, -0.1) is 11.8 Å². The number of hydrogen-bond donors (Lipinski definition) is 0. The third kappa shape index (κ3) is 3.41. The number of nitrogens with zero attached hydrogens (tertiary/aromatic N) is 1. The first-order chi connectivity index (χ1) is 9.95. The van der Waals surface area contributed by atoms with E-state index in [1.807, 2.05) is 27.7 Å². The summed E-state index contributed by atoms with van der Waals surface area (Å²) in [4.78, 5) is 35.8. The fourth-order valence-electron chi connectivity index (χ4n) is 1.62. The van der Waals surface area contributed by atoms with E-state index in [0.717, 1.165) is 7.11 Å². The molecule has 0 atom stereocenters. The zero-order chi connectivity index (χ0) is 16.2. The highest BCUT2D eigenvalue weighted by molar-refractivity contribution is 8.04. The predicted molar refractivity (Wildman–Crippen MR) is 78.7 cm³/mol. The largest absolute Gasteiger partial charge is 0.464 e. The third-order valence-corrected chi connectivity index (χ3v) is 3.40. The molecular weight excluding hydrogens is 294 g/mol. The van der Waals surface area contributed by atoms with Gasteiger partial charge in [-0.05, 0) is 0 Å². The van der Waals surface area contributed by atoms with E-state index in [-0.39, 0.29) is 27.2 Å².